The molecule has 0 aliphatic rings. The molecule has 0 saturated carbocycles. The van der Waals surface area contributed by atoms with Gasteiger partial charge in [0.1, 0.15) is 12.2 Å². The lowest BCUT2D eigenvalue weighted by Crippen LogP contribution is -2.43. The molecule has 1 aromatic carbocycles. The number of nitrogen functional groups attached to an aromatic ring is 1. The standard InChI is InChI=1S/C12H14F5N3O/c1-6(2)20(5-12(15,16)17)11(21)7-3-8(13)10(19-18)9(14)4-7/h3-4,6,19H,5,18H2,1-2H3. The first kappa shape index (κ1) is 17.2. The molecule has 0 unspecified atom stereocenters. The Labute approximate surface area is 117 Å². The van der Waals surface area contributed by atoms with Crippen molar-refractivity contribution in [1.29, 1.82) is 0 Å². The van der Waals surface area contributed by atoms with Crippen LogP contribution in [0.15, 0.2) is 12.1 Å². The van der Waals surface area contributed by atoms with E-state index in [-0.39, 0.29) is 0 Å². The van der Waals surface area contributed by atoms with Gasteiger partial charge in [-0.25, -0.2) is 8.78 Å². The SMILES string of the molecule is CC(C)N(CC(F)(F)F)C(=O)c1cc(F)c(NN)c(F)c1. The quantitative estimate of drug-likeness (QED) is 0.510. The highest BCUT2D eigenvalue weighted by Gasteiger charge is 2.35. The smallest absolute Gasteiger partial charge is 0.327 e. The molecule has 0 aliphatic carbocycles. The number of hydrazine groups is 1. The Morgan fingerprint density at radius 2 is 1.76 bits per heavy atom. The minimum Gasteiger partial charge on any atom is -0.327 e. The molecular formula is C12H14F5N3O. The van der Waals surface area contributed by atoms with Gasteiger partial charge >= 0.3 is 6.18 Å². The van der Waals surface area contributed by atoms with Crippen LogP contribution in [-0.2, 0) is 0 Å². The molecular weight excluding hydrogens is 297 g/mol. The van der Waals surface area contributed by atoms with Gasteiger partial charge in [0.2, 0.25) is 0 Å². The van der Waals surface area contributed by atoms with Crippen LogP contribution < -0.4 is 11.3 Å². The molecule has 9 heteroatoms. The van der Waals surface area contributed by atoms with Crippen molar-refractivity contribution in [3.05, 3.63) is 29.3 Å². The first-order valence-electron chi connectivity index (χ1n) is 5.90. The van der Waals surface area contributed by atoms with E-state index in [1.54, 1.807) is 5.43 Å². The van der Waals surface area contributed by atoms with E-state index in [9.17, 15) is 26.7 Å². The van der Waals surface area contributed by atoms with Gasteiger partial charge in [-0.05, 0) is 26.0 Å². The first-order chi connectivity index (χ1) is 9.56. The van der Waals surface area contributed by atoms with Gasteiger partial charge in [-0.1, -0.05) is 0 Å². The summed E-state index contributed by atoms with van der Waals surface area (Å²) in [6.45, 7) is 1.22. The molecule has 0 atom stereocenters. The van der Waals surface area contributed by atoms with Gasteiger partial charge in [0, 0.05) is 11.6 Å². The lowest BCUT2D eigenvalue weighted by Gasteiger charge is -2.28. The molecule has 0 saturated heterocycles. The average molecular weight is 311 g/mol. The van der Waals surface area contributed by atoms with Crippen molar-refractivity contribution >= 4 is 11.6 Å². The second kappa shape index (κ2) is 6.25. The van der Waals surface area contributed by atoms with Crippen LogP contribution in [0.4, 0.5) is 27.6 Å². The number of nitrogens with two attached hydrogens (primary N) is 1. The number of rotatable bonds is 4. The molecule has 21 heavy (non-hydrogen) atoms. The Hall–Kier alpha value is -1.90. The summed E-state index contributed by atoms with van der Waals surface area (Å²) in [5, 5.41) is 0. The maximum Gasteiger partial charge on any atom is 0.406 e. The van der Waals surface area contributed by atoms with E-state index in [1.165, 1.54) is 13.8 Å². The lowest BCUT2D eigenvalue weighted by molar-refractivity contribution is -0.143. The third-order valence-electron chi connectivity index (χ3n) is 2.67. The van der Waals surface area contributed by atoms with Gasteiger partial charge in [0.05, 0.1) is 0 Å². The third kappa shape index (κ3) is 4.28. The van der Waals surface area contributed by atoms with Crippen LogP contribution in [0.1, 0.15) is 24.2 Å². The second-order valence-electron chi connectivity index (χ2n) is 4.60. The zero-order valence-corrected chi connectivity index (χ0v) is 11.3. The maximum absolute atomic E-state index is 13.5. The summed E-state index contributed by atoms with van der Waals surface area (Å²) in [6.07, 6.45) is -4.62. The number of benzene rings is 1. The fourth-order valence-corrected chi connectivity index (χ4v) is 1.68. The summed E-state index contributed by atoms with van der Waals surface area (Å²) in [5.74, 6) is 1.43. The Morgan fingerprint density at radius 1 is 1.29 bits per heavy atom. The molecule has 0 heterocycles. The number of nitrogens with one attached hydrogen (secondary N) is 1. The van der Waals surface area contributed by atoms with Crippen molar-refractivity contribution in [2.24, 2.45) is 5.84 Å². The highest BCUT2D eigenvalue weighted by molar-refractivity contribution is 5.95. The Morgan fingerprint density at radius 3 is 2.10 bits per heavy atom. The van der Waals surface area contributed by atoms with E-state index in [2.05, 4.69) is 0 Å². The fourth-order valence-electron chi connectivity index (χ4n) is 1.68. The molecule has 1 aromatic rings. The number of carbonyl (C=O) groups is 1. The summed E-state index contributed by atoms with van der Waals surface area (Å²) in [5.41, 5.74) is 0.571. The van der Waals surface area contributed by atoms with E-state index >= 15 is 0 Å². The van der Waals surface area contributed by atoms with Crippen LogP contribution in [0.5, 0.6) is 0 Å². The van der Waals surface area contributed by atoms with Crippen LogP contribution in [0.2, 0.25) is 0 Å². The highest BCUT2D eigenvalue weighted by atomic mass is 19.4. The van der Waals surface area contributed by atoms with Crippen LogP contribution in [0, 0.1) is 11.6 Å². The minimum atomic E-state index is -4.62. The van der Waals surface area contributed by atoms with Crippen LogP contribution in [-0.4, -0.2) is 29.6 Å². The molecule has 1 amide bonds. The van der Waals surface area contributed by atoms with Crippen LogP contribution in [0.3, 0.4) is 0 Å². The minimum absolute atomic E-state index is 0.476. The number of hydrogen-bond acceptors (Lipinski definition) is 3. The molecule has 118 valence electrons. The number of amides is 1. The van der Waals surface area contributed by atoms with Gasteiger partial charge in [0.25, 0.3) is 5.91 Å². The zero-order valence-electron chi connectivity index (χ0n) is 11.3. The van der Waals surface area contributed by atoms with Crippen LogP contribution in [0.25, 0.3) is 0 Å². The summed E-state index contributed by atoms with van der Waals surface area (Å²) in [7, 11) is 0. The van der Waals surface area contributed by atoms with Crippen molar-refractivity contribution in [2.45, 2.75) is 26.1 Å². The normalized spacial score (nSPS) is 11.7. The molecule has 0 radical (unpaired) electrons. The summed E-state index contributed by atoms with van der Waals surface area (Å²) in [6, 6.07) is 0.469. The largest absolute Gasteiger partial charge is 0.406 e. The summed E-state index contributed by atoms with van der Waals surface area (Å²) in [4.78, 5) is 12.5. The van der Waals surface area contributed by atoms with Gasteiger partial charge in [-0.3, -0.25) is 10.6 Å². The Kier molecular flexibility index (Phi) is 5.10. The monoisotopic (exact) mass is 311 g/mol. The van der Waals surface area contributed by atoms with E-state index in [4.69, 9.17) is 5.84 Å². The van der Waals surface area contributed by atoms with E-state index in [1.807, 2.05) is 0 Å². The molecule has 0 bridgehead atoms. The second-order valence-corrected chi connectivity index (χ2v) is 4.60. The van der Waals surface area contributed by atoms with Crippen molar-refractivity contribution in [3.63, 3.8) is 0 Å². The predicted molar refractivity (Wildman–Crippen MR) is 66.4 cm³/mol. The molecule has 3 N–H and O–H groups in total. The summed E-state index contributed by atoms with van der Waals surface area (Å²) >= 11 is 0. The van der Waals surface area contributed by atoms with Crippen molar-refractivity contribution in [2.75, 3.05) is 12.0 Å². The van der Waals surface area contributed by atoms with Gasteiger partial charge in [0.15, 0.2) is 11.6 Å². The number of hydrogen-bond donors (Lipinski definition) is 2. The average Bonchev–Trinajstić information content (AvgIpc) is 2.33. The Balaban J connectivity index is 3.16. The number of carbonyl (C=O) groups excluding carboxylic acids is 1. The predicted octanol–water partition coefficient (Wildman–Crippen LogP) is 2.66. The first-order valence-corrected chi connectivity index (χ1v) is 5.90. The molecule has 0 aromatic heterocycles. The molecule has 0 spiro atoms. The molecule has 4 nitrogen and oxygen atoms in total. The molecule has 1 rings (SSSR count). The van der Waals surface area contributed by atoms with Crippen molar-refractivity contribution in [3.8, 4) is 0 Å². The number of anilines is 1. The highest BCUT2D eigenvalue weighted by Crippen LogP contribution is 2.23. The zero-order chi connectivity index (χ0) is 16.4. The Bertz CT molecular complexity index is 507. The van der Waals surface area contributed by atoms with E-state index in [0.29, 0.717) is 17.0 Å². The number of nitrogens with zero attached hydrogens (tertiary/aromatic N) is 1. The van der Waals surface area contributed by atoms with E-state index < -0.39 is 47.6 Å². The van der Waals surface area contributed by atoms with Gasteiger partial charge < -0.3 is 10.3 Å². The van der Waals surface area contributed by atoms with E-state index in [0.717, 1.165) is 0 Å². The maximum atomic E-state index is 13.5. The number of alkyl halides is 3. The van der Waals surface area contributed by atoms with Gasteiger partial charge in [-0.2, -0.15) is 13.2 Å². The topological polar surface area (TPSA) is 58.4 Å². The summed E-state index contributed by atoms with van der Waals surface area (Å²) < 4.78 is 64.3. The van der Waals surface area contributed by atoms with Gasteiger partial charge in [-0.15, -0.1) is 0 Å². The fraction of sp³-hybridized carbons (Fsp3) is 0.417. The molecule has 0 aliphatic heterocycles. The lowest BCUT2D eigenvalue weighted by atomic mass is 10.1. The molecule has 0 fully saturated rings. The van der Waals surface area contributed by atoms with Crippen molar-refractivity contribution in [1.82, 2.24) is 4.90 Å². The number of halogens is 5. The van der Waals surface area contributed by atoms with Crippen molar-refractivity contribution < 1.29 is 26.7 Å². The third-order valence-corrected chi connectivity index (χ3v) is 2.67. The van der Waals surface area contributed by atoms with Crippen LogP contribution >= 0.6 is 0 Å².